The number of esters is 1. The molecule has 3 rings (SSSR count). The number of hydrogen-bond acceptors (Lipinski definition) is 5. The minimum atomic E-state index is -0.534. The van der Waals surface area contributed by atoms with E-state index in [9.17, 15) is 9.59 Å². The fourth-order valence-corrected chi connectivity index (χ4v) is 2.73. The van der Waals surface area contributed by atoms with E-state index >= 15 is 0 Å². The molecule has 1 saturated heterocycles. The lowest BCUT2D eigenvalue weighted by Crippen LogP contribution is -2.35. The molecule has 1 fully saturated rings. The summed E-state index contributed by atoms with van der Waals surface area (Å²) in [5.41, 5.74) is 2.20. The second kappa shape index (κ2) is 8.46. The third-order valence-electron chi connectivity index (χ3n) is 3.92. The van der Waals surface area contributed by atoms with E-state index in [0.29, 0.717) is 12.3 Å². The number of carbonyl (C=O) groups is 2. The molecule has 138 valence electrons. The lowest BCUT2D eigenvalue weighted by Gasteiger charge is -2.11. The number of hydrogen-bond donors (Lipinski definition) is 1. The minimum Gasteiger partial charge on any atom is -0.489 e. The number of thiocarbonyl (C=S) groups is 1. The van der Waals surface area contributed by atoms with E-state index in [2.05, 4.69) is 10.1 Å². The summed E-state index contributed by atoms with van der Waals surface area (Å²) in [6, 6.07) is 17.2. The number of benzene rings is 2. The third-order valence-corrected chi connectivity index (χ3v) is 4.24. The van der Waals surface area contributed by atoms with E-state index in [1.165, 1.54) is 12.0 Å². The molecule has 0 atom stereocenters. The number of amides is 1. The van der Waals surface area contributed by atoms with Gasteiger partial charge in [-0.3, -0.25) is 14.5 Å². The van der Waals surface area contributed by atoms with Gasteiger partial charge in [-0.1, -0.05) is 42.5 Å². The highest BCUT2D eigenvalue weighted by atomic mass is 32.1. The van der Waals surface area contributed by atoms with E-state index in [1.54, 1.807) is 6.08 Å². The molecule has 2 aromatic rings. The standard InChI is InChI=1S/C20H18N2O4S/c1-25-18(23)12-22-19(24)17(21-20(22)27)11-14-7-9-16(10-8-14)26-13-15-5-3-2-4-6-15/h2-11H,12-13H2,1H3,(H,21,27)/b17-11-. The Morgan fingerprint density at radius 2 is 1.85 bits per heavy atom. The van der Waals surface area contributed by atoms with Gasteiger partial charge in [-0.15, -0.1) is 0 Å². The number of ether oxygens (including phenoxy) is 2. The zero-order valence-electron chi connectivity index (χ0n) is 14.7. The van der Waals surface area contributed by atoms with Crippen molar-refractivity contribution in [2.24, 2.45) is 0 Å². The Morgan fingerprint density at radius 1 is 1.15 bits per heavy atom. The summed E-state index contributed by atoms with van der Waals surface area (Å²) >= 11 is 5.10. The number of methoxy groups -OCH3 is 1. The van der Waals surface area contributed by atoms with Gasteiger partial charge in [-0.2, -0.15) is 0 Å². The summed E-state index contributed by atoms with van der Waals surface area (Å²) in [6.45, 7) is 0.267. The van der Waals surface area contributed by atoms with Gasteiger partial charge in [0.1, 0.15) is 24.6 Å². The molecule has 1 heterocycles. The number of nitrogens with zero attached hydrogens (tertiary/aromatic N) is 1. The lowest BCUT2D eigenvalue weighted by atomic mass is 10.2. The summed E-state index contributed by atoms with van der Waals surface area (Å²) in [5.74, 6) is -0.168. The Balaban J connectivity index is 1.64. The van der Waals surface area contributed by atoms with Gasteiger partial charge < -0.3 is 14.8 Å². The molecule has 0 spiro atoms. The molecule has 2 aromatic carbocycles. The molecule has 1 N–H and O–H groups in total. The molecule has 1 amide bonds. The molecule has 0 radical (unpaired) electrons. The van der Waals surface area contributed by atoms with Crippen LogP contribution in [0.3, 0.4) is 0 Å². The van der Waals surface area contributed by atoms with Crippen molar-refractivity contribution >= 4 is 35.3 Å². The zero-order valence-corrected chi connectivity index (χ0v) is 15.5. The van der Waals surface area contributed by atoms with E-state index in [-0.39, 0.29) is 17.6 Å². The molecule has 1 aliphatic heterocycles. The van der Waals surface area contributed by atoms with Gasteiger partial charge in [0.05, 0.1) is 7.11 Å². The fraction of sp³-hybridized carbons (Fsp3) is 0.150. The van der Waals surface area contributed by atoms with Crippen molar-refractivity contribution in [2.75, 3.05) is 13.7 Å². The fourth-order valence-electron chi connectivity index (χ4n) is 2.48. The molecule has 1 aliphatic rings. The van der Waals surface area contributed by atoms with Crippen LogP contribution in [0.25, 0.3) is 6.08 Å². The molecule has 6 nitrogen and oxygen atoms in total. The predicted molar refractivity (Wildman–Crippen MR) is 105 cm³/mol. The van der Waals surface area contributed by atoms with Crippen LogP contribution in [0.2, 0.25) is 0 Å². The summed E-state index contributed by atoms with van der Waals surface area (Å²) in [5, 5.41) is 3.00. The quantitative estimate of drug-likeness (QED) is 0.470. The van der Waals surface area contributed by atoms with Gasteiger partial charge in [0, 0.05) is 0 Å². The van der Waals surface area contributed by atoms with Crippen molar-refractivity contribution in [3.63, 3.8) is 0 Å². The molecule has 27 heavy (non-hydrogen) atoms. The van der Waals surface area contributed by atoms with Crippen LogP contribution in [0.1, 0.15) is 11.1 Å². The first-order valence-corrected chi connectivity index (χ1v) is 8.66. The summed E-state index contributed by atoms with van der Waals surface area (Å²) in [7, 11) is 1.26. The van der Waals surface area contributed by atoms with Crippen LogP contribution < -0.4 is 10.1 Å². The van der Waals surface area contributed by atoms with Crippen molar-refractivity contribution in [3.05, 3.63) is 71.4 Å². The monoisotopic (exact) mass is 382 g/mol. The normalized spacial score (nSPS) is 15.0. The molecule has 7 heteroatoms. The van der Waals surface area contributed by atoms with E-state index in [4.69, 9.17) is 17.0 Å². The Kier molecular flexibility index (Phi) is 5.83. The van der Waals surface area contributed by atoms with Gasteiger partial charge in [0.25, 0.3) is 5.91 Å². The number of nitrogens with one attached hydrogen (secondary N) is 1. The predicted octanol–water partition coefficient (Wildman–Crippen LogP) is 2.50. The van der Waals surface area contributed by atoms with Crippen LogP contribution in [-0.2, 0) is 20.9 Å². The van der Waals surface area contributed by atoms with Gasteiger partial charge in [0.2, 0.25) is 0 Å². The van der Waals surface area contributed by atoms with Gasteiger partial charge in [-0.25, -0.2) is 0 Å². The Morgan fingerprint density at radius 3 is 2.52 bits per heavy atom. The van der Waals surface area contributed by atoms with Crippen LogP contribution in [0.4, 0.5) is 0 Å². The first-order valence-electron chi connectivity index (χ1n) is 8.25. The maximum Gasteiger partial charge on any atom is 0.325 e. The Bertz CT molecular complexity index is 879. The molecular formula is C20H18N2O4S. The largest absolute Gasteiger partial charge is 0.489 e. The summed E-state index contributed by atoms with van der Waals surface area (Å²) in [4.78, 5) is 24.9. The van der Waals surface area contributed by atoms with E-state index in [1.807, 2.05) is 54.6 Å². The van der Waals surface area contributed by atoms with Crippen LogP contribution in [0.5, 0.6) is 5.75 Å². The van der Waals surface area contributed by atoms with Crippen molar-refractivity contribution in [1.29, 1.82) is 0 Å². The third kappa shape index (κ3) is 4.71. The summed E-state index contributed by atoms with van der Waals surface area (Å²) < 4.78 is 10.3. The molecule has 0 saturated carbocycles. The SMILES string of the molecule is COC(=O)CN1C(=O)/C(=C/c2ccc(OCc3ccccc3)cc2)NC1=S. The average Bonchev–Trinajstić information content (AvgIpc) is 2.95. The second-order valence-corrected chi connectivity index (χ2v) is 6.19. The topological polar surface area (TPSA) is 67.9 Å². The number of rotatable bonds is 6. The van der Waals surface area contributed by atoms with Crippen LogP contribution >= 0.6 is 12.2 Å². The lowest BCUT2D eigenvalue weighted by molar-refractivity contribution is -0.143. The molecular weight excluding hydrogens is 364 g/mol. The van der Waals surface area contributed by atoms with Gasteiger partial charge in [0.15, 0.2) is 5.11 Å². The zero-order chi connectivity index (χ0) is 19.2. The molecule has 0 unspecified atom stereocenters. The Labute approximate surface area is 162 Å². The molecule has 0 aliphatic carbocycles. The number of carbonyl (C=O) groups excluding carboxylic acids is 2. The van der Waals surface area contributed by atoms with Gasteiger partial charge >= 0.3 is 5.97 Å². The highest BCUT2D eigenvalue weighted by Gasteiger charge is 2.32. The van der Waals surface area contributed by atoms with Crippen LogP contribution in [-0.4, -0.2) is 35.5 Å². The van der Waals surface area contributed by atoms with Gasteiger partial charge in [-0.05, 0) is 41.6 Å². The van der Waals surface area contributed by atoms with Crippen LogP contribution in [0, 0.1) is 0 Å². The highest BCUT2D eigenvalue weighted by Crippen LogP contribution is 2.18. The first-order chi connectivity index (χ1) is 13.1. The Hall–Kier alpha value is -3.19. The summed E-state index contributed by atoms with van der Waals surface area (Å²) in [6.07, 6.45) is 1.67. The molecule has 0 bridgehead atoms. The maximum atomic E-state index is 12.4. The van der Waals surface area contributed by atoms with Crippen molar-refractivity contribution < 1.29 is 19.1 Å². The first kappa shape index (κ1) is 18.6. The van der Waals surface area contributed by atoms with Crippen molar-refractivity contribution in [3.8, 4) is 5.75 Å². The average molecular weight is 382 g/mol. The van der Waals surface area contributed by atoms with E-state index < -0.39 is 5.97 Å². The highest BCUT2D eigenvalue weighted by molar-refractivity contribution is 7.80. The van der Waals surface area contributed by atoms with Crippen molar-refractivity contribution in [1.82, 2.24) is 10.2 Å². The molecule has 0 aromatic heterocycles. The maximum absolute atomic E-state index is 12.4. The van der Waals surface area contributed by atoms with E-state index in [0.717, 1.165) is 16.9 Å². The smallest absolute Gasteiger partial charge is 0.325 e. The van der Waals surface area contributed by atoms with Crippen molar-refractivity contribution in [2.45, 2.75) is 6.61 Å². The minimum absolute atomic E-state index is 0.180. The second-order valence-electron chi connectivity index (χ2n) is 5.80. The van der Waals surface area contributed by atoms with Crippen LogP contribution in [0.15, 0.2) is 60.3 Å².